The second-order valence-corrected chi connectivity index (χ2v) is 12.4. The van der Waals surface area contributed by atoms with Crippen LogP contribution < -0.4 is 4.72 Å². The Labute approximate surface area is 188 Å². The first-order chi connectivity index (χ1) is 14.0. The first-order valence-electron chi connectivity index (χ1n) is 10.6. The van der Waals surface area contributed by atoms with Crippen molar-refractivity contribution in [2.45, 2.75) is 82.1 Å². The molecule has 0 radical (unpaired) electrons. The van der Waals surface area contributed by atoms with Crippen molar-refractivity contribution in [2.24, 2.45) is 17.8 Å². The summed E-state index contributed by atoms with van der Waals surface area (Å²) in [6, 6.07) is 0. The van der Waals surface area contributed by atoms with Crippen LogP contribution in [0.1, 0.15) is 77.0 Å². The van der Waals surface area contributed by atoms with Crippen LogP contribution in [0.25, 0.3) is 0 Å². The maximum absolute atomic E-state index is 12.8. The summed E-state index contributed by atoms with van der Waals surface area (Å²) in [5.41, 5.74) is 0.0908. The van der Waals surface area contributed by atoms with Gasteiger partial charge in [-0.05, 0) is 63.7 Å². The number of nitrogens with zero attached hydrogens (tertiary/aromatic N) is 1. The summed E-state index contributed by atoms with van der Waals surface area (Å²) < 4.78 is 27.3. The molecule has 1 heterocycles. The molecule has 6 nitrogen and oxygen atoms in total. The summed E-state index contributed by atoms with van der Waals surface area (Å²) in [7, 11) is -4.06. The fourth-order valence-corrected chi connectivity index (χ4v) is 7.17. The summed E-state index contributed by atoms with van der Waals surface area (Å²) in [4.78, 5) is 17.1. The Bertz CT molecular complexity index is 918. The Morgan fingerprint density at radius 3 is 2.70 bits per heavy atom. The van der Waals surface area contributed by atoms with Crippen molar-refractivity contribution in [1.82, 2.24) is 9.71 Å². The highest BCUT2D eigenvalue weighted by Gasteiger charge is 2.36. The van der Waals surface area contributed by atoms with E-state index in [0.29, 0.717) is 10.8 Å². The maximum Gasteiger partial charge on any atom is 0.291 e. The standard InChI is InChI=1S/C21H31ClN2O4S2/c1-13-7-4-5-10-17(22)15-9-6-8-14(15)16(13)11-19(25)24-30(27,28)20-23-12-18(29-20)21(2,3)26/h12-14,16,26H,4-11H2,1-3H3,(H,24,25)/b17-15+. The Morgan fingerprint density at radius 2 is 2.03 bits per heavy atom. The van der Waals surface area contributed by atoms with Gasteiger partial charge >= 0.3 is 0 Å². The number of allylic oxidation sites excluding steroid dienone is 2. The van der Waals surface area contributed by atoms with Crippen LogP contribution in [0.4, 0.5) is 0 Å². The van der Waals surface area contributed by atoms with Crippen molar-refractivity contribution in [3.63, 3.8) is 0 Å². The number of fused-ring (bicyclic) bond motifs is 1. The van der Waals surface area contributed by atoms with Crippen molar-refractivity contribution < 1.29 is 18.3 Å². The molecule has 3 unspecified atom stereocenters. The number of aliphatic hydroxyl groups is 1. The summed E-state index contributed by atoms with van der Waals surface area (Å²) in [6.45, 7) is 5.29. The van der Waals surface area contributed by atoms with E-state index in [2.05, 4.69) is 16.6 Å². The van der Waals surface area contributed by atoms with Crippen molar-refractivity contribution in [3.05, 3.63) is 21.7 Å². The lowest BCUT2D eigenvalue weighted by molar-refractivity contribution is -0.121. The topological polar surface area (TPSA) is 96.4 Å². The van der Waals surface area contributed by atoms with Crippen LogP contribution in [0.5, 0.6) is 0 Å². The lowest BCUT2D eigenvalue weighted by Gasteiger charge is -2.30. The molecule has 3 rings (SSSR count). The van der Waals surface area contributed by atoms with E-state index in [0.717, 1.165) is 61.3 Å². The van der Waals surface area contributed by atoms with Gasteiger partial charge < -0.3 is 5.11 Å². The van der Waals surface area contributed by atoms with Crippen molar-refractivity contribution in [2.75, 3.05) is 0 Å². The highest BCUT2D eigenvalue weighted by Crippen LogP contribution is 2.46. The third kappa shape index (κ3) is 5.44. The average Bonchev–Trinajstić information content (AvgIpc) is 3.31. The molecule has 2 aliphatic carbocycles. The SMILES string of the molecule is CC1CCCC/C(Cl)=C2/CCCC2C1CC(=O)NS(=O)(=O)c1ncc(C(C)(C)O)s1. The number of carbonyl (C=O) groups is 1. The minimum absolute atomic E-state index is 0.0766. The highest BCUT2D eigenvalue weighted by molar-refractivity contribution is 7.92. The largest absolute Gasteiger partial charge is 0.385 e. The Hall–Kier alpha value is -0.960. The van der Waals surface area contributed by atoms with Gasteiger partial charge in [0.25, 0.3) is 10.0 Å². The van der Waals surface area contributed by atoms with Gasteiger partial charge in [0.1, 0.15) is 0 Å². The second kappa shape index (κ2) is 9.27. The molecule has 168 valence electrons. The molecule has 0 aliphatic heterocycles. The Kier molecular flexibility index (Phi) is 7.32. The second-order valence-electron chi connectivity index (χ2n) is 9.10. The molecular formula is C21H31ClN2O4S2. The van der Waals surface area contributed by atoms with Crippen LogP contribution in [0.15, 0.2) is 21.1 Å². The average molecular weight is 475 g/mol. The number of halogens is 1. The molecule has 9 heteroatoms. The minimum Gasteiger partial charge on any atom is -0.385 e. The number of amides is 1. The number of thiazole rings is 1. The monoisotopic (exact) mass is 474 g/mol. The number of hydrogen-bond acceptors (Lipinski definition) is 6. The van der Waals surface area contributed by atoms with Crippen molar-refractivity contribution in [3.8, 4) is 0 Å². The molecule has 1 amide bonds. The molecule has 2 aliphatic rings. The third-order valence-electron chi connectivity index (χ3n) is 6.30. The van der Waals surface area contributed by atoms with Crippen molar-refractivity contribution >= 4 is 38.9 Å². The van der Waals surface area contributed by atoms with Crippen LogP contribution >= 0.6 is 22.9 Å². The molecule has 30 heavy (non-hydrogen) atoms. The number of carbonyl (C=O) groups excluding carboxylic acids is 1. The normalized spacial score (nSPS) is 28.4. The smallest absolute Gasteiger partial charge is 0.291 e. The van der Waals surface area contributed by atoms with E-state index in [4.69, 9.17) is 11.6 Å². The van der Waals surface area contributed by atoms with E-state index >= 15 is 0 Å². The number of sulfonamides is 1. The van der Waals surface area contributed by atoms with Crippen LogP contribution in [-0.4, -0.2) is 24.4 Å². The predicted molar refractivity (Wildman–Crippen MR) is 119 cm³/mol. The molecule has 0 bridgehead atoms. The molecule has 0 saturated heterocycles. The molecule has 1 fully saturated rings. The predicted octanol–water partition coefficient (Wildman–Crippen LogP) is 4.68. The van der Waals surface area contributed by atoms with Gasteiger partial charge in [-0.25, -0.2) is 9.71 Å². The van der Waals surface area contributed by atoms with Crippen LogP contribution in [0, 0.1) is 17.8 Å². The van der Waals surface area contributed by atoms with Gasteiger partial charge in [-0.15, -0.1) is 11.3 Å². The molecule has 0 aromatic carbocycles. The lowest BCUT2D eigenvalue weighted by Crippen LogP contribution is -2.34. The van der Waals surface area contributed by atoms with E-state index < -0.39 is 21.5 Å². The molecule has 1 aromatic heterocycles. The van der Waals surface area contributed by atoms with Gasteiger partial charge in [-0.3, -0.25) is 4.79 Å². The lowest BCUT2D eigenvalue weighted by atomic mass is 9.76. The Balaban J connectivity index is 1.76. The van der Waals surface area contributed by atoms with E-state index in [1.54, 1.807) is 13.8 Å². The Morgan fingerprint density at radius 1 is 1.30 bits per heavy atom. The van der Waals surface area contributed by atoms with Gasteiger partial charge in [0, 0.05) is 17.6 Å². The van der Waals surface area contributed by atoms with Crippen LogP contribution in [0.2, 0.25) is 0 Å². The van der Waals surface area contributed by atoms with Gasteiger partial charge in [0.2, 0.25) is 10.2 Å². The maximum atomic E-state index is 12.8. The van der Waals surface area contributed by atoms with Crippen molar-refractivity contribution in [1.29, 1.82) is 0 Å². The first kappa shape index (κ1) is 23.7. The number of nitrogens with one attached hydrogen (secondary N) is 1. The van der Waals surface area contributed by atoms with Gasteiger partial charge in [0.15, 0.2) is 0 Å². The van der Waals surface area contributed by atoms with E-state index in [1.165, 1.54) is 11.8 Å². The first-order valence-corrected chi connectivity index (χ1v) is 13.3. The zero-order valence-corrected chi connectivity index (χ0v) is 20.2. The van der Waals surface area contributed by atoms with Crippen LogP contribution in [-0.2, 0) is 20.4 Å². The number of hydrogen-bond donors (Lipinski definition) is 2. The molecular weight excluding hydrogens is 444 g/mol. The summed E-state index contributed by atoms with van der Waals surface area (Å²) in [6.07, 6.45) is 8.57. The molecule has 1 saturated carbocycles. The van der Waals surface area contributed by atoms with Gasteiger partial charge in [0.05, 0.1) is 10.5 Å². The van der Waals surface area contributed by atoms with E-state index in [-0.39, 0.29) is 22.6 Å². The highest BCUT2D eigenvalue weighted by atomic mass is 35.5. The van der Waals surface area contributed by atoms with E-state index in [1.807, 2.05) is 0 Å². The quantitative estimate of drug-likeness (QED) is 0.645. The molecule has 0 spiro atoms. The number of rotatable bonds is 5. The fraction of sp³-hybridized carbons (Fsp3) is 0.714. The zero-order chi connectivity index (χ0) is 22.1. The fourth-order valence-electron chi connectivity index (χ4n) is 4.66. The third-order valence-corrected chi connectivity index (χ3v) is 9.80. The summed E-state index contributed by atoms with van der Waals surface area (Å²) in [5, 5.41) is 11.0. The molecule has 3 atom stereocenters. The molecule has 2 N–H and O–H groups in total. The van der Waals surface area contributed by atoms with Gasteiger partial charge in [-0.2, -0.15) is 8.42 Å². The zero-order valence-electron chi connectivity index (χ0n) is 17.8. The van der Waals surface area contributed by atoms with E-state index in [9.17, 15) is 18.3 Å². The number of aromatic nitrogens is 1. The van der Waals surface area contributed by atoms with Gasteiger partial charge in [-0.1, -0.05) is 36.9 Å². The summed E-state index contributed by atoms with van der Waals surface area (Å²) >= 11 is 7.47. The summed E-state index contributed by atoms with van der Waals surface area (Å²) in [5.74, 6) is 0.141. The molecule has 1 aromatic rings. The minimum atomic E-state index is -4.06. The van der Waals surface area contributed by atoms with Crippen LogP contribution in [0.3, 0.4) is 0 Å².